The van der Waals surface area contributed by atoms with E-state index in [2.05, 4.69) is 142 Å². The van der Waals surface area contributed by atoms with Gasteiger partial charge in [-0.2, -0.15) is 0 Å². The van der Waals surface area contributed by atoms with Crippen LogP contribution in [0.3, 0.4) is 0 Å². The lowest BCUT2D eigenvalue weighted by molar-refractivity contribution is 1.34. The number of para-hydroxylation sites is 6. The molecule has 0 saturated carbocycles. The molecule has 3 heterocycles. The molecule has 0 N–H and O–H groups in total. The molecule has 2 nitrogen and oxygen atoms in total. The SMILES string of the molecule is c1ccc2c(c1)c1cccc3c4ccccc4n4c5ccccc5c5cccc(c6ccccc6n2c13)c54. The molecule has 0 atom stereocenters. The average Bonchev–Trinajstić information content (AvgIpc) is 3.50. The van der Waals surface area contributed by atoms with Crippen molar-refractivity contribution < 1.29 is 0 Å². The Bertz CT molecular complexity index is 2280. The third-order valence-corrected chi connectivity index (χ3v) is 8.26. The second-order valence-electron chi connectivity index (χ2n) is 10.1. The Labute approximate surface area is 218 Å². The quantitative estimate of drug-likeness (QED) is 0.203. The Kier molecular flexibility index (Phi) is 3.82. The zero-order valence-electron chi connectivity index (χ0n) is 20.6. The number of hydrogen-bond donors (Lipinski definition) is 0. The van der Waals surface area contributed by atoms with Crippen molar-refractivity contribution in [1.29, 1.82) is 0 Å². The molecular formula is C36H22N2. The van der Waals surface area contributed by atoms with E-state index in [1.165, 1.54) is 76.2 Å². The molecule has 9 aromatic rings. The number of aromatic nitrogens is 2. The molecule has 38 heavy (non-hydrogen) atoms. The monoisotopic (exact) mass is 482 g/mol. The summed E-state index contributed by atoms with van der Waals surface area (Å²) in [6.07, 6.45) is 0. The van der Waals surface area contributed by atoms with E-state index < -0.39 is 0 Å². The summed E-state index contributed by atoms with van der Waals surface area (Å²) in [5, 5.41) is 10.1. The highest BCUT2D eigenvalue weighted by molar-refractivity contribution is 6.24. The van der Waals surface area contributed by atoms with Gasteiger partial charge in [0.1, 0.15) is 0 Å². The van der Waals surface area contributed by atoms with E-state index in [4.69, 9.17) is 0 Å². The van der Waals surface area contributed by atoms with E-state index in [0.29, 0.717) is 0 Å². The standard InChI is InChI=1S/C36H22N2/c1-5-19-31-23(11-1)27-15-9-17-29-25-13-4-8-22-34(25)38-32-20-6-2-12-24(32)28-16-10-18-30(36(28)38)26-14-3-7-21-33(26)37(31)35(27)29/h1-22H. The summed E-state index contributed by atoms with van der Waals surface area (Å²) in [6, 6.07) is 48.9. The second-order valence-corrected chi connectivity index (χ2v) is 10.1. The predicted octanol–water partition coefficient (Wildman–Crippen LogP) is 9.67. The molecule has 0 radical (unpaired) electrons. The highest BCUT2D eigenvalue weighted by Crippen LogP contribution is 2.39. The van der Waals surface area contributed by atoms with Crippen LogP contribution in [0, 0.1) is 0 Å². The average molecular weight is 483 g/mol. The van der Waals surface area contributed by atoms with Crippen molar-refractivity contribution in [3.63, 3.8) is 0 Å². The minimum absolute atomic E-state index is 1.20. The van der Waals surface area contributed by atoms with Crippen molar-refractivity contribution in [3.05, 3.63) is 133 Å². The smallest absolute Gasteiger partial charge is 0.0620 e. The summed E-state index contributed by atoms with van der Waals surface area (Å²) in [4.78, 5) is 0. The highest BCUT2D eigenvalue weighted by Gasteiger charge is 2.16. The van der Waals surface area contributed by atoms with E-state index in [9.17, 15) is 0 Å². The number of nitrogens with zero attached hydrogens (tertiary/aromatic N) is 2. The van der Waals surface area contributed by atoms with Crippen LogP contribution in [0.4, 0.5) is 0 Å². The lowest BCUT2D eigenvalue weighted by Crippen LogP contribution is -1.91. The predicted molar refractivity (Wildman–Crippen MR) is 162 cm³/mol. The van der Waals surface area contributed by atoms with Gasteiger partial charge >= 0.3 is 0 Å². The largest absolute Gasteiger partial charge is 0.308 e. The fraction of sp³-hybridized carbons (Fsp3) is 0. The van der Waals surface area contributed by atoms with Gasteiger partial charge in [0, 0.05) is 43.1 Å². The van der Waals surface area contributed by atoms with Crippen LogP contribution in [-0.2, 0) is 0 Å². The lowest BCUT2D eigenvalue weighted by atomic mass is 10.1. The highest BCUT2D eigenvalue weighted by atomic mass is 14.9. The molecule has 0 aliphatic carbocycles. The Morgan fingerprint density at radius 3 is 0.763 bits per heavy atom. The van der Waals surface area contributed by atoms with Gasteiger partial charge in [-0.1, -0.05) is 109 Å². The van der Waals surface area contributed by atoms with Gasteiger partial charge < -0.3 is 8.80 Å². The van der Waals surface area contributed by atoms with Crippen LogP contribution >= 0.6 is 0 Å². The first kappa shape index (κ1) is 20.0. The zero-order valence-corrected chi connectivity index (χ0v) is 20.6. The van der Waals surface area contributed by atoms with Gasteiger partial charge in [0.25, 0.3) is 0 Å². The third-order valence-electron chi connectivity index (χ3n) is 8.26. The third kappa shape index (κ3) is 2.42. The maximum absolute atomic E-state index is 2.49. The number of benzene rings is 6. The van der Waals surface area contributed by atoms with Gasteiger partial charge in [-0.15, -0.1) is 0 Å². The van der Waals surface area contributed by atoms with Crippen molar-refractivity contribution in [2.75, 3.05) is 0 Å². The summed E-state index contributed by atoms with van der Waals surface area (Å²) in [7, 11) is 0. The normalized spacial score (nSPS) is 12.2. The Morgan fingerprint density at radius 2 is 0.474 bits per heavy atom. The summed E-state index contributed by atoms with van der Waals surface area (Å²) in [5.41, 5.74) is 7.37. The van der Waals surface area contributed by atoms with E-state index in [-0.39, 0.29) is 0 Å². The first-order valence-electron chi connectivity index (χ1n) is 13.1. The van der Waals surface area contributed by atoms with E-state index >= 15 is 0 Å². The minimum atomic E-state index is 1.20. The maximum atomic E-state index is 2.49. The van der Waals surface area contributed by atoms with Crippen molar-refractivity contribution in [3.8, 4) is 0 Å². The van der Waals surface area contributed by atoms with E-state index in [1.807, 2.05) is 0 Å². The molecule has 176 valence electrons. The molecule has 0 unspecified atom stereocenters. The Hall–Kier alpha value is -5.08. The van der Waals surface area contributed by atoms with Crippen LogP contribution < -0.4 is 0 Å². The molecule has 2 heteroatoms. The molecule has 0 aliphatic rings. The van der Waals surface area contributed by atoms with Crippen molar-refractivity contribution in [2.45, 2.75) is 0 Å². The zero-order chi connectivity index (χ0) is 24.8. The van der Waals surface area contributed by atoms with Crippen LogP contribution in [0.2, 0.25) is 0 Å². The van der Waals surface area contributed by atoms with Crippen LogP contribution in [0.15, 0.2) is 133 Å². The molecular weight excluding hydrogens is 460 g/mol. The molecule has 3 aromatic heterocycles. The molecule has 0 saturated heterocycles. The van der Waals surface area contributed by atoms with Crippen molar-refractivity contribution in [2.24, 2.45) is 0 Å². The Morgan fingerprint density at radius 1 is 0.237 bits per heavy atom. The maximum Gasteiger partial charge on any atom is 0.0620 e. The van der Waals surface area contributed by atoms with Gasteiger partial charge in [0.15, 0.2) is 0 Å². The molecule has 0 fully saturated rings. The van der Waals surface area contributed by atoms with E-state index in [1.54, 1.807) is 0 Å². The summed E-state index contributed by atoms with van der Waals surface area (Å²) in [6.45, 7) is 0. The number of rotatable bonds is 0. The van der Waals surface area contributed by atoms with Crippen LogP contribution in [0.1, 0.15) is 0 Å². The molecule has 0 aliphatic heterocycles. The van der Waals surface area contributed by atoms with Crippen LogP contribution in [-0.4, -0.2) is 8.80 Å². The fourth-order valence-electron chi connectivity index (χ4n) is 6.77. The fourth-order valence-corrected chi connectivity index (χ4v) is 6.77. The minimum Gasteiger partial charge on any atom is -0.308 e. The van der Waals surface area contributed by atoms with Crippen molar-refractivity contribution in [1.82, 2.24) is 8.80 Å². The number of fused-ring (bicyclic) bond motifs is 12. The van der Waals surface area contributed by atoms with Crippen molar-refractivity contribution >= 4 is 76.2 Å². The van der Waals surface area contributed by atoms with Crippen LogP contribution in [0.5, 0.6) is 0 Å². The van der Waals surface area contributed by atoms with Gasteiger partial charge in [-0.25, -0.2) is 0 Å². The molecule has 6 aromatic carbocycles. The van der Waals surface area contributed by atoms with Gasteiger partial charge in [-0.3, -0.25) is 0 Å². The van der Waals surface area contributed by atoms with Gasteiger partial charge in [0.05, 0.1) is 33.1 Å². The summed E-state index contributed by atoms with van der Waals surface area (Å²) >= 11 is 0. The van der Waals surface area contributed by atoms with Crippen LogP contribution in [0.25, 0.3) is 76.2 Å². The Balaban J connectivity index is 1.81. The van der Waals surface area contributed by atoms with E-state index in [0.717, 1.165) is 0 Å². The summed E-state index contributed by atoms with van der Waals surface area (Å²) < 4.78 is 4.98. The first-order chi connectivity index (χ1) is 18.9. The van der Waals surface area contributed by atoms with Gasteiger partial charge in [-0.05, 0) is 24.3 Å². The molecule has 0 bridgehead atoms. The van der Waals surface area contributed by atoms with Gasteiger partial charge in [0.2, 0.25) is 0 Å². The first-order valence-corrected chi connectivity index (χ1v) is 13.1. The topological polar surface area (TPSA) is 8.82 Å². The molecule has 9 rings (SSSR count). The second kappa shape index (κ2) is 7.24. The lowest BCUT2D eigenvalue weighted by Gasteiger charge is -2.10. The molecule has 0 amide bonds. The molecule has 0 spiro atoms. The summed E-state index contributed by atoms with van der Waals surface area (Å²) in [5.74, 6) is 0. The number of hydrogen-bond acceptors (Lipinski definition) is 0.